The van der Waals surface area contributed by atoms with Crippen LogP contribution in [0, 0.1) is 6.92 Å². The van der Waals surface area contributed by atoms with Gasteiger partial charge in [-0.2, -0.15) is 0 Å². The van der Waals surface area contributed by atoms with Crippen molar-refractivity contribution in [2.24, 2.45) is 0 Å². The van der Waals surface area contributed by atoms with Crippen LogP contribution in [0.25, 0.3) is 10.8 Å². The van der Waals surface area contributed by atoms with Gasteiger partial charge in [-0.1, -0.05) is 73.4 Å². The van der Waals surface area contributed by atoms with E-state index < -0.39 is 6.04 Å². The van der Waals surface area contributed by atoms with E-state index in [1.165, 1.54) is 6.42 Å². The summed E-state index contributed by atoms with van der Waals surface area (Å²) in [5.41, 5.74) is 3.76. The number of carbonyl (C=O) groups excluding carboxylic acids is 3. The predicted molar refractivity (Wildman–Crippen MR) is 151 cm³/mol. The third kappa shape index (κ3) is 5.45. The van der Waals surface area contributed by atoms with Gasteiger partial charge in [0, 0.05) is 36.5 Å². The molecule has 1 atom stereocenters. The van der Waals surface area contributed by atoms with Gasteiger partial charge < -0.3 is 15.1 Å². The van der Waals surface area contributed by atoms with Crippen LogP contribution in [0.1, 0.15) is 73.4 Å². The van der Waals surface area contributed by atoms with Gasteiger partial charge in [-0.15, -0.1) is 0 Å². The quantitative estimate of drug-likeness (QED) is 0.397. The van der Waals surface area contributed by atoms with E-state index in [1.807, 2.05) is 68.4 Å². The van der Waals surface area contributed by atoms with Crippen molar-refractivity contribution in [3.63, 3.8) is 0 Å². The predicted octanol–water partition coefficient (Wildman–Crippen LogP) is 5.75. The van der Waals surface area contributed by atoms with Crippen LogP contribution >= 0.6 is 0 Å². The molecule has 3 aromatic rings. The molecule has 0 radical (unpaired) electrons. The second-order valence-corrected chi connectivity index (χ2v) is 10.8. The summed E-state index contributed by atoms with van der Waals surface area (Å²) in [6.45, 7) is 4.69. The number of nitrogens with one attached hydrogen (secondary N) is 1. The first-order valence-corrected chi connectivity index (χ1v) is 13.9. The molecule has 2 aliphatic rings. The number of hydrogen-bond donors (Lipinski definition) is 1. The molecule has 0 spiro atoms. The molecular formula is C32H37N3O3. The Balaban J connectivity index is 1.27. The molecule has 0 aromatic heterocycles. The number of anilines is 1. The number of nitrogens with zero attached hydrogens (tertiary/aromatic N) is 2. The van der Waals surface area contributed by atoms with Crippen molar-refractivity contribution in [2.75, 3.05) is 11.4 Å². The Morgan fingerprint density at radius 3 is 2.53 bits per heavy atom. The van der Waals surface area contributed by atoms with Crippen LogP contribution in [0.15, 0.2) is 60.7 Å². The Morgan fingerprint density at radius 1 is 1.03 bits per heavy atom. The van der Waals surface area contributed by atoms with Gasteiger partial charge in [0.1, 0.15) is 6.04 Å². The van der Waals surface area contributed by atoms with Crippen LogP contribution in [0.2, 0.25) is 0 Å². The molecule has 6 heteroatoms. The van der Waals surface area contributed by atoms with E-state index >= 15 is 0 Å². The first-order chi connectivity index (χ1) is 18.4. The summed E-state index contributed by atoms with van der Waals surface area (Å²) >= 11 is 0. The molecular weight excluding hydrogens is 474 g/mol. The van der Waals surface area contributed by atoms with Crippen molar-refractivity contribution in [2.45, 2.75) is 77.4 Å². The summed E-state index contributed by atoms with van der Waals surface area (Å²) in [6.07, 6.45) is 6.29. The van der Waals surface area contributed by atoms with Gasteiger partial charge in [-0.05, 0) is 56.2 Å². The van der Waals surface area contributed by atoms with Gasteiger partial charge in [0.15, 0.2) is 0 Å². The van der Waals surface area contributed by atoms with Gasteiger partial charge in [-0.3, -0.25) is 14.4 Å². The van der Waals surface area contributed by atoms with Crippen LogP contribution in [0.4, 0.5) is 5.69 Å². The molecule has 1 N–H and O–H groups in total. The molecule has 0 saturated heterocycles. The van der Waals surface area contributed by atoms with Gasteiger partial charge >= 0.3 is 0 Å². The minimum absolute atomic E-state index is 0.0129. The second kappa shape index (κ2) is 11.4. The Morgan fingerprint density at radius 2 is 1.76 bits per heavy atom. The normalized spacial score (nSPS) is 16.1. The number of hydrogen-bond acceptors (Lipinski definition) is 3. The maximum absolute atomic E-state index is 13.6. The molecule has 3 amide bonds. The van der Waals surface area contributed by atoms with Crippen molar-refractivity contribution >= 4 is 34.2 Å². The zero-order chi connectivity index (χ0) is 26.6. The zero-order valence-corrected chi connectivity index (χ0v) is 22.4. The van der Waals surface area contributed by atoms with Crippen LogP contribution in [-0.2, 0) is 16.1 Å². The smallest absolute Gasteiger partial charge is 0.258 e. The molecule has 6 nitrogen and oxygen atoms in total. The Labute approximate surface area is 225 Å². The average Bonchev–Trinajstić information content (AvgIpc) is 3.20. The van der Waals surface area contributed by atoms with E-state index in [9.17, 15) is 14.4 Å². The van der Waals surface area contributed by atoms with Gasteiger partial charge in [0.25, 0.3) is 5.91 Å². The summed E-state index contributed by atoms with van der Waals surface area (Å²) in [5.74, 6) is -0.170. The molecule has 1 unspecified atom stereocenters. The number of carbonyl (C=O) groups is 3. The van der Waals surface area contributed by atoms with Crippen molar-refractivity contribution < 1.29 is 14.4 Å². The Bertz CT molecular complexity index is 1340. The number of aryl methyl sites for hydroxylation is 1. The van der Waals surface area contributed by atoms with Crippen LogP contribution in [0.5, 0.6) is 0 Å². The summed E-state index contributed by atoms with van der Waals surface area (Å²) in [5, 5.41) is 5.23. The molecule has 5 rings (SSSR count). The minimum atomic E-state index is -0.573. The SMILES string of the molecule is Cc1cccc(CN(C(=O)CCCN2C(=O)c3cccc4cccc2c34)C(C)C(=O)NC2CCCCC2)c1. The standard InChI is InChI=1S/C32H37N3O3/c1-22-10-6-11-24(20-22)21-35(23(2)31(37)33-26-14-4-3-5-15-26)29(36)18-9-19-34-28-17-8-13-25-12-7-16-27(30(25)28)32(34)38/h6-8,10-13,16-17,20,23,26H,3-5,9,14-15,18-19,21H2,1-2H3,(H,33,37). The van der Waals surface area contributed by atoms with E-state index in [0.717, 1.165) is 58.8 Å². The van der Waals surface area contributed by atoms with Gasteiger partial charge in [-0.25, -0.2) is 0 Å². The van der Waals surface area contributed by atoms with Crippen molar-refractivity contribution in [1.29, 1.82) is 0 Å². The van der Waals surface area contributed by atoms with E-state index in [2.05, 4.69) is 11.4 Å². The lowest BCUT2D eigenvalue weighted by molar-refractivity contribution is -0.141. The Hall–Kier alpha value is -3.67. The molecule has 0 bridgehead atoms. The average molecular weight is 512 g/mol. The van der Waals surface area contributed by atoms with Crippen molar-refractivity contribution in [3.8, 4) is 0 Å². The highest BCUT2D eigenvalue weighted by Gasteiger charge is 2.31. The van der Waals surface area contributed by atoms with E-state index in [4.69, 9.17) is 0 Å². The fourth-order valence-electron chi connectivity index (χ4n) is 5.89. The number of rotatable bonds is 9. The molecule has 38 heavy (non-hydrogen) atoms. The van der Waals surface area contributed by atoms with E-state index in [1.54, 1.807) is 9.80 Å². The largest absolute Gasteiger partial charge is 0.352 e. The highest BCUT2D eigenvalue weighted by atomic mass is 16.2. The third-order valence-electron chi connectivity index (χ3n) is 7.98. The van der Waals surface area contributed by atoms with E-state index in [-0.39, 0.29) is 30.2 Å². The van der Waals surface area contributed by atoms with Crippen LogP contribution in [-0.4, -0.2) is 41.2 Å². The maximum atomic E-state index is 13.6. The highest BCUT2D eigenvalue weighted by molar-refractivity contribution is 6.25. The summed E-state index contributed by atoms with van der Waals surface area (Å²) in [4.78, 5) is 43.4. The minimum Gasteiger partial charge on any atom is -0.352 e. The molecule has 1 saturated carbocycles. The molecule has 1 aliphatic carbocycles. The molecule has 1 aliphatic heterocycles. The van der Waals surface area contributed by atoms with Gasteiger partial charge in [0.2, 0.25) is 11.8 Å². The highest BCUT2D eigenvalue weighted by Crippen LogP contribution is 2.37. The topological polar surface area (TPSA) is 69.7 Å². The lowest BCUT2D eigenvalue weighted by Crippen LogP contribution is -2.50. The summed E-state index contributed by atoms with van der Waals surface area (Å²) in [7, 11) is 0. The zero-order valence-electron chi connectivity index (χ0n) is 22.4. The molecule has 1 heterocycles. The molecule has 198 valence electrons. The third-order valence-corrected chi connectivity index (χ3v) is 7.98. The molecule has 3 aromatic carbocycles. The number of amides is 3. The fourth-order valence-corrected chi connectivity index (χ4v) is 5.89. The summed E-state index contributed by atoms with van der Waals surface area (Å²) < 4.78 is 0. The second-order valence-electron chi connectivity index (χ2n) is 10.8. The van der Waals surface area contributed by atoms with Crippen LogP contribution < -0.4 is 10.2 Å². The fraction of sp³-hybridized carbons (Fsp3) is 0.406. The number of benzene rings is 3. The van der Waals surface area contributed by atoms with Crippen molar-refractivity contribution in [1.82, 2.24) is 10.2 Å². The molecule has 1 fully saturated rings. The first-order valence-electron chi connectivity index (χ1n) is 13.9. The lowest BCUT2D eigenvalue weighted by Gasteiger charge is -2.31. The summed E-state index contributed by atoms with van der Waals surface area (Å²) in [6, 6.07) is 19.5. The Kier molecular flexibility index (Phi) is 7.77. The van der Waals surface area contributed by atoms with Gasteiger partial charge in [0.05, 0.1) is 5.69 Å². The van der Waals surface area contributed by atoms with Crippen LogP contribution in [0.3, 0.4) is 0 Å². The van der Waals surface area contributed by atoms with Crippen molar-refractivity contribution in [3.05, 3.63) is 77.4 Å². The lowest BCUT2D eigenvalue weighted by atomic mass is 9.95. The maximum Gasteiger partial charge on any atom is 0.258 e. The van der Waals surface area contributed by atoms with E-state index in [0.29, 0.717) is 19.5 Å². The monoisotopic (exact) mass is 511 g/mol. The first kappa shape index (κ1) is 26.0.